The number of carbonyl (C=O) groups excluding carboxylic acids is 1. The summed E-state index contributed by atoms with van der Waals surface area (Å²) in [5.41, 5.74) is 1.55. The number of amides is 2. The number of rotatable bonds is 3. The highest BCUT2D eigenvalue weighted by molar-refractivity contribution is 9.10. The Morgan fingerprint density at radius 2 is 1.88 bits per heavy atom. The Balaban J connectivity index is 1.82. The molecule has 1 aromatic carbocycles. The number of hydrogen-bond donors (Lipinski definition) is 3. The molecule has 0 saturated heterocycles. The predicted octanol–water partition coefficient (Wildman–Crippen LogP) is 3.98. The molecule has 0 aliphatic rings. The Labute approximate surface area is 154 Å². The molecule has 0 bridgehead atoms. The van der Waals surface area contributed by atoms with E-state index in [4.69, 9.17) is 23.2 Å². The molecule has 0 radical (unpaired) electrons. The van der Waals surface area contributed by atoms with Crippen LogP contribution in [0.4, 0.5) is 16.2 Å². The summed E-state index contributed by atoms with van der Waals surface area (Å²) in [7, 11) is 0. The number of hydrogen-bond acceptors (Lipinski definition) is 5. The summed E-state index contributed by atoms with van der Waals surface area (Å²) in [6.07, 6.45) is 0. The van der Waals surface area contributed by atoms with Crippen molar-refractivity contribution in [3.8, 4) is 11.4 Å². The van der Waals surface area contributed by atoms with Crippen LogP contribution < -0.4 is 10.6 Å². The Hall–Kier alpha value is -2.23. The van der Waals surface area contributed by atoms with Gasteiger partial charge in [0.25, 0.3) is 0 Å². The molecule has 0 aliphatic heterocycles. The van der Waals surface area contributed by atoms with Crippen molar-refractivity contribution < 1.29 is 4.79 Å². The first-order valence-electron chi connectivity index (χ1n) is 6.46. The van der Waals surface area contributed by atoms with Crippen LogP contribution in [0.1, 0.15) is 0 Å². The fourth-order valence-corrected chi connectivity index (χ4v) is 2.74. The number of benzene rings is 1. The van der Waals surface area contributed by atoms with Crippen molar-refractivity contribution >= 4 is 56.5 Å². The van der Waals surface area contributed by atoms with E-state index in [2.05, 4.69) is 52.2 Å². The minimum Gasteiger partial charge on any atom is -0.307 e. The molecule has 0 atom stereocenters. The van der Waals surface area contributed by atoms with Gasteiger partial charge in [0, 0.05) is 15.7 Å². The number of nitrogens with one attached hydrogen (secondary N) is 3. The monoisotopic (exact) mass is 427 g/mol. The van der Waals surface area contributed by atoms with Crippen LogP contribution in [0.5, 0.6) is 0 Å². The number of anilines is 2. The summed E-state index contributed by atoms with van der Waals surface area (Å²) >= 11 is 15.0. The van der Waals surface area contributed by atoms with Crippen molar-refractivity contribution in [2.75, 3.05) is 10.6 Å². The van der Waals surface area contributed by atoms with Gasteiger partial charge in [-0.1, -0.05) is 39.1 Å². The van der Waals surface area contributed by atoms with Gasteiger partial charge in [-0.3, -0.25) is 0 Å². The highest BCUT2D eigenvalue weighted by Gasteiger charge is 2.12. The molecule has 0 fully saturated rings. The van der Waals surface area contributed by atoms with Crippen molar-refractivity contribution in [2.24, 2.45) is 0 Å². The third-order valence-corrected chi connectivity index (χ3v) is 3.73. The van der Waals surface area contributed by atoms with Gasteiger partial charge in [0.15, 0.2) is 5.82 Å². The number of aromatic amines is 1. The van der Waals surface area contributed by atoms with E-state index in [0.29, 0.717) is 22.8 Å². The summed E-state index contributed by atoms with van der Waals surface area (Å²) in [4.78, 5) is 16.0. The first kappa shape index (κ1) is 16.6. The number of H-pyrrole nitrogens is 1. The third kappa shape index (κ3) is 3.99. The third-order valence-electron chi connectivity index (χ3n) is 2.85. The van der Waals surface area contributed by atoms with E-state index < -0.39 is 6.03 Å². The molecule has 0 spiro atoms. The van der Waals surface area contributed by atoms with E-state index in [-0.39, 0.29) is 10.3 Å². The summed E-state index contributed by atoms with van der Waals surface area (Å²) in [5, 5.41) is 19.3. The molecule has 8 nitrogen and oxygen atoms in total. The zero-order valence-electron chi connectivity index (χ0n) is 11.7. The van der Waals surface area contributed by atoms with Crippen molar-refractivity contribution in [1.82, 2.24) is 25.6 Å². The molecule has 11 heteroatoms. The maximum Gasteiger partial charge on any atom is 0.323 e. The highest BCUT2D eigenvalue weighted by Crippen LogP contribution is 2.28. The smallest absolute Gasteiger partial charge is 0.307 e. The van der Waals surface area contributed by atoms with Crippen LogP contribution in [0.2, 0.25) is 10.3 Å². The average Bonchev–Trinajstić information content (AvgIpc) is 3.02. The molecule has 3 rings (SSSR count). The zero-order valence-corrected chi connectivity index (χ0v) is 14.8. The molecular weight excluding hydrogens is 421 g/mol. The van der Waals surface area contributed by atoms with Crippen LogP contribution in [0, 0.1) is 0 Å². The second kappa shape index (κ2) is 7.12. The lowest BCUT2D eigenvalue weighted by atomic mass is 10.1. The van der Waals surface area contributed by atoms with Crippen LogP contribution in [0.15, 0.2) is 34.8 Å². The Bertz CT molecular complexity index is 868. The number of tetrazole rings is 1. The molecule has 0 aliphatic carbocycles. The fraction of sp³-hybridized carbons (Fsp3) is 0. The maximum atomic E-state index is 12.2. The van der Waals surface area contributed by atoms with Gasteiger partial charge in [-0.15, -0.1) is 5.10 Å². The molecule has 122 valence electrons. The number of aromatic nitrogens is 5. The minimum atomic E-state index is -0.482. The van der Waals surface area contributed by atoms with Crippen LogP contribution in [0.3, 0.4) is 0 Å². The number of nitrogens with zero attached hydrogens (tertiary/aromatic N) is 4. The quantitative estimate of drug-likeness (QED) is 0.546. The van der Waals surface area contributed by atoms with Crippen LogP contribution in [-0.4, -0.2) is 31.6 Å². The zero-order chi connectivity index (χ0) is 17.1. The average molecular weight is 429 g/mol. The summed E-state index contributed by atoms with van der Waals surface area (Å²) in [6.45, 7) is 0. The fourth-order valence-electron chi connectivity index (χ4n) is 1.92. The second-order valence-electron chi connectivity index (χ2n) is 4.52. The molecule has 24 heavy (non-hydrogen) atoms. The minimum absolute atomic E-state index is 0.176. The first-order chi connectivity index (χ1) is 11.5. The highest BCUT2D eigenvalue weighted by atomic mass is 79.9. The van der Waals surface area contributed by atoms with E-state index in [1.54, 1.807) is 18.2 Å². The van der Waals surface area contributed by atoms with Crippen LogP contribution >= 0.6 is 39.1 Å². The van der Waals surface area contributed by atoms with E-state index in [1.165, 1.54) is 12.1 Å². The normalized spacial score (nSPS) is 10.5. The van der Waals surface area contributed by atoms with Gasteiger partial charge in [0.2, 0.25) is 0 Å². The molecule has 3 N–H and O–H groups in total. The maximum absolute atomic E-state index is 12.2. The Morgan fingerprint density at radius 1 is 1.12 bits per heavy atom. The van der Waals surface area contributed by atoms with Crippen molar-refractivity contribution in [2.45, 2.75) is 0 Å². The number of urea groups is 1. The van der Waals surface area contributed by atoms with E-state index in [9.17, 15) is 4.79 Å². The summed E-state index contributed by atoms with van der Waals surface area (Å²) in [6, 6.07) is 7.75. The van der Waals surface area contributed by atoms with Crippen LogP contribution in [-0.2, 0) is 0 Å². The Kier molecular flexibility index (Phi) is 4.93. The first-order valence-corrected chi connectivity index (χ1v) is 8.01. The Morgan fingerprint density at radius 3 is 2.54 bits per heavy atom. The van der Waals surface area contributed by atoms with Crippen molar-refractivity contribution in [3.63, 3.8) is 0 Å². The molecular formula is C13H8BrCl2N7O. The SMILES string of the molecule is O=C(Nc1cc(Cl)nc(Cl)c1)Nc1ccc(Br)cc1-c1nnn[nH]1. The van der Waals surface area contributed by atoms with Crippen molar-refractivity contribution in [3.05, 3.63) is 45.1 Å². The predicted molar refractivity (Wildman–Crippen MR) is 94.2 cm³/mol. The summed E-state index contributed by atoms with van der Waals surface area (Å²) < 4.78 is 0.813. The molecule has 2 aromatic heterocycles. The van der Waals surface area contributed by atoms with Gasteiger partial charge in [0.05, 0.1) is 5.69 Å². The van der Waals surface area contributed by atoms with E-state index in [0.717, 1.165) is 4.47 Å². The van der Waals surface area contributed by atoms with Gasteiger partial charge >= 0.3 is 6.03 Å². The van der Waals surface area contributed by atoms with Crippen molar-refractivity contribution in [1.29, 1.82) is 0 Å². The second-order valence-corrected chi connectivity index (χ2v) is 6.21. The molecule has 0 unspecified atom stereocenters. The number of halogens is 3. The van der Waals surface area contributed by atoms with Gasteiger partial charge in [-0.25, -0.2) is 14.9 Å². The van der Waals surface area contributed by atoms with Gasteiger partial charge in [-0.05, 0) is 40.8 Å². The van der Waals surface area contributed by atoms with Gasteiger partial charge in [0.1, 0.15) is 10.3 Å². The standard InChI is InChI=1S/C13H8BrCl2N7O/c14-6-1-2-9(8(3-6)12-20-22-23-21-12)18-13(24)17-7-4-10(15)19-11(16)5-7/h1-5H,(H2,17,18,19,24)(H,20,21,22,23). The van der Waals surface area contributed by atoms with Gasteiger partial charge < -0.3 is 10.6 Å². The lowest BCUT2D eigenvalue weighted by Gasteiger charge is -2.11. The number of pyridine rings is 1. The largest absolute Gasteiger partial charge is 0.323 e. The van der Waals surface area contributed by atoms with Crippen LogP contribution in [0.25, 0.3) is 11.4 Å². The topological polar surface area (TPSA) is 108 Å². The summed E-state index contributed by atoms with van der Waals surface area (Å²) in [5.74, 6) is 0.418. The lowest BCUT2D eigenvalue weighted by Crippen LogP contribution is -2.20. The molecule has 0 saturated carbocycles. The van der Waals surface area contributed by atoms with Gasteiger partial charge in [-0.2, -0.15) is 0 Å². The number of carbonyl (C=O) groups is 1. The molecule has 3 aromatic rings. The lowest BCUT2D eigenvalue weighted by molar-refractivity contribution is 0.262. The molecule has 2 amide bonds. The molecule has 2 heterocycles. The van der Waals surface area contributed by atoms with E-state index in [1.807, 2.05) is 0 Å². The van der Waals surface area contributed by atoms with E-state index >= 15 is 0 Å².